The van der Waals surface area contributed by atoms with Crippen LogP contribution >= 0.6 is 0 Å². The molecule has 3 aromatic rings. The molecule has 173 valence electrons. The molecule has 2 aliphatic rings. The summed E-state index contributed by atoms with van der Waals surface area (Å²) in [6.45, 7) is 4.13. The fraction of sp³-hybridized carbons (Fsp3) is 0.304. The number of benzene rings is 1. The summed E-state index contributed by atoms with van der Waals surface area (Å²) in [5, 5.41) is 7.57. The van der Waals surface area contributed by atoms with E-state index in [1.54, 1.807) is 28.7 Å². The van der Waals surface area contributed by atoms with Crippen molar-refractivity contribution in [2.75, 3.05) is 25.1 Å². The summed E-state index contributed by atoms with van der Waals surface area (Å²) in [6.07, 6.45) is 5.69. The van der Waals surface area contributed by atoms with Gasteiger partial charge in [-0.05, 0) is 36.9 Å². The van der Waals surface area contributed by atoms with E-state index in [0.717, 1.165) is 24.4 Å². The van der Waals surface area contributed by atoms with E-state index in [1.807, 2.05) is 4.57 Å². The van der Waals surface area contributed by atoms with Gasteiger partial charge in [-0.25, -0.2) is 9.37 Å². The van der Waals surface area contributed by atoms with Crippen LogP contribution in [0.2, 0.25) is 6.04 Å². The predicted octanol–water partition coefficient (Wildman–Crippen LogP) is 1.65. The van der Waals surface area contributed by atoms with Crippen LogP contribution in [0.3, 0.4) is 0 Å². The number of anilines is 1. The maximum absolute atomic E-state index is 14.9. The molecular formula is C23H23FN7O2Si. The lowest BCUT2D eigenvalue weighted by molar-refractivity contribution is -0.124. The van der Waals surface area contributed by atoms with Gasteiger partial charge >= 0.3 is 0 Å². The van der Waals surface area contributed by atoms with E-state index < -0.39 is 20.7 Å². The number of nitrogens with zero attached hydrogens (tertiary/aromatic N) is 5. The molecule has 1 aromatic carbocycles. The highest BCUT2D eigenvalue weighted by Crippen LogP contribution is 2.37. The van der Waals surface area contributed by atoms with E-state index in [-0.39, 0.29) is 22.7 Å². The quantitative estimate of drug-likeness (QED) is 0.331. The SMILES string of the molecule is C=CC(=O)N1CC[Si](n2nc(C#Cc3cc4ncn(C5CC5)c4cc3F)c(C(N)=O)c2NC)C1. The van der Waals surface area contributed by atoms with E-state index in [9.17, 15) is 14.0 Å². The Balaban J connectivity index is 1.51. The van der Waals surface area contributed by atoms with Crippen LogP contribution in [0.5, 0.6) is 0 Å². The molecule has 9 nitrogen and oxygen atoms in total. The Hall–Kier alpha value is -3.91. The van der Waals surface area contributed by atoms with E-state index in [2.05, 4.69) is 33.8 Å². The van der Waals surface area contributed by atoms with Crippen molar-refractivity contribution in [3.63, 3.8) is 0 Å². The number of hydrogen-bond acceptors (Lipinski definition) is 5. The number of fused-ring (bicyclic) bond motifs is 1. The van der Waals surface area contributed by atoms with E-state index in [4.69, 9.17) is 5.73 Å². The molecule has 5 rings (SSSR count). The number of primary amides is 1. The van der Waals surface area contributed by atoms with Gasteiger partial charge in [0.1, 0.15) is 22.9 Å². The lowest BCUT2D eigenvalue weighted by Gasteiger charge is -2.15. The molecule has 0 unspecified atom stereocenters. The number of rotatable bonds is 5. The number of nitrogens with two attached hydrogens (primary N) is 1. The first-order chi connectivity index (χ1) is 16.4. The second kappa shape index (κ2) is 8.46. The smallest absolute Gasteiger partial charge is 0.255 e. The number of amides is 2. The van der Waals surface area contributed by atoms with Gasteiger partial charge in [-0.1, -0.05) is 12.5 Å². The van der Waals surface area contributed by atoms with Gasteiger partial charge in [-0.3, -0.25) is 13.9 Å². The van der Waals surface area contributed by atoms with Crippen LogP contribution in [0.1, 0.15) is 40.5 Å². The van der Waals surface area contributed by atoms with Gasteiger partial charge in [0.2, 0.25) is 14.9 Å². The average molecular weight is 477 g/mol. The van der Waals surface area contributed by atoms with Crippen LogP contribution < -0.4 is 11.1 Å². The predicted molar refractivity (Wildman–Crippen MR) is 127 cm³/mol. The van der Waals surface area contributed by atoms with Gasteiger partial charge in [-0.15, -0.1) is 0 Å². The normalized spacial score (nSPS) is 15.9. The zero-order chi connectivity index (χ0) is 24.0. The monoisotopic (exact) mass is 476 g/mol. The first-order valence-electron chi connectivity index (χ1n) is 11.0. The number of carbonyl (C=O) groups is 2. The summed E-state index contributed by atoms with van der Waals surface area (Å²) in [5.74, 6) is 4.83. The number of carbonyl (C=O) groups excluding carboxylic acids is 2. The average Bonchev–Trinajstić information content (AvgIpc) is 3.24. The Morgan fingerprint density at radius 3 is 2.82 bits per heavy atom. The van der Waals surface area contributed by atoms with Crippen molar-refractivity contribution in [3.8, 4) is 11.8 Å². The number of imidazole rings is 1. The molecule has 2 aromatic heterocycles. The third kappa shape index (κ3) is 3.75. The molecule has 1 saturated carbocycles. The Bertz CT molecular complexity index is 1400. The molecule has 2 fully saturated rings. The molecule has 34 heavy (non-hydrogen) atoms. The minimum Gasteiger partial charge on any atom is -0.373 e. The first-order valence-corrected chi connectivity index (χ1v) is 12.8. The topological polar surface area (TPSA) is 111 Å². The standard InChI is InChI=1S/C23H23FN7O2Si/c1-3-20(32)29-8-9-34(13-29)31-23(26-2)21(22(25)33)17(28-31)7-4-14-10-18-19(11-16(14)24)30(12-27-18)15-5-6-15/h3,10-12,15,26H,1,5-6,8-9,13H2,2H3,(H2,25,33). The van der Waals surface area contributed by atoms with Crippen molar-refractivity contribution < 1.29 is 14.0 Å². The second-order valence-electron chi connectivity index (χ2n) is 8.33. The van der Waals surface area contributed by atoms with Crippen LogP contribution in [0.25, 0.3) is 11.0 Å². The van der Waals surface area contributed by atoms with E-state index >= 15 is 0 Å². The molecule has 2 amide bonds. The molecule has 1 aliphatic heterocycles. The summed E-state index contributed by atoms with van der Waals surface area (Å²) >= 11 is 0. The largest absolute Gasteiger partial charge is 0.373 e. The molecule has 3 N–H and O–H groups in total. The summed E-state index contributed by atoms with van der Waals surface area (Å²) in [5.41, 5.74) is 7.56. The molecule has 0 spiro atoms. The summed E-state index contributed by atoms with van der Waals surface area (Å²) < 4.78 is 18.6. The van der Waals surface area contributed by atoms with Gasteiger partial charge in [0.25, 0.3) is 5.91 Å². The lowest BCUT2D eigenvalue weighted by atomic mass is 10.1. The Labute approximate surface area is 197 Å². The van der Waals surface area contributed by atoms with Crippen molar-refractivity contribution in [1.29, 1.82) is 0 Å². The third-order valence-corrected chi connectivity index (χ3v) is 8.59. The zero-order valence-electron chi connectivity index (χ0n) is 18.6. The van der Waals surface area contributed by atoms with Gasteiger partial charge in [0.05, 0.1) is 22.9 Å². The third-order valence-electron chi connectivity index (χ3n) is 6.12. The highest BCUT2D eigenvalue weighted by molar-refractivity contribution is 6.59. The Morgan fingerprint density at radius 2 is 2.15 bits per heavy atom. The second-order valence-corrected chi connectivity index (χ2v) is 10.7. The summed E-state index contributed by atoms with van der Waals surface area (Å²) in [6, 6.07) is 4.20. The maximum atomic E-state index is 14.9. The molecule has 0 bridgehead atoms. The summed E-state index contributed by atoms with van der Waals surface area (Å²) in [4.78, 5) is 30.4. The molecule has 11 heteroatoms. The van der Waals surface area contributed by atoms with Crippen LogP contribution in [-0.2, 0) is 4.79 Å². The fourth-order valence-electron chi connectivity index (χ4n) is 4.25. The Kier molecular flexibility index (Phi) is 5.45. The number of halogens is 1. The van der Waals surface area contributed by atoms with Crippen molar-refractivity contribution in [2.45, 2.75) is 24.9 Å². The minimum absolute atomic E-state index is 0.136. The van der Waals surface area contributed by atoms with E-state index in [0.29, 0.717) is 30.1 Å². The number of aromatic nitrogens is 4. The minimum atomic E-state index is -1.35. The molecular weight excluding hydrogens is 453 g/mol. The van der Waals surface area contributed by atoms with Gasteiger partial charge < -0.3 is 20.5 Å². The molecule has 0 atom stereocenters. The van der Waals surface area contributed by atoms with Crippen LogP contribution in [-0.4, -0.2) is 64.4 Å². The highest BCUT2D eigenvalue weighted by atomic mass is 28.3. The van der Waals surface area contributed by atoms with Crippen LogP contribution in [0.4, 0.5) is 10.2 Å². The van der Waals surface area contributed by atoms with Crippen LogP contribution in [0.15, 0.2) is 31.1 Å². The molecule has 1 radical (unpaired) electrons. The van der Waals surface area contributed by atoms with Gasteiger partial charge in [-0.2, -0.15) is 5.10 Å². The van der Waals surface area contributed by atoms with Crippen molar-refractivity contribution in [3.05, 3.63) is 53.8 Å². The lowest BCUT2D eigenvalue weighted by Crippen LogP contribution is -2.34. The van der Waals surface area contributed by atoms with Crippen LogP contribution in [0, 0.1) is 17.7 Å². The van der Waals surface area contributed by atoms with Crippen molar-refractivity contribution in [1.82, 2.24) is 23.9 Å². The molecule has 1 saturated heterocycles. The number of nitrogens with one attached hydrogen (secondary N) is 1. The van der Waals surface area contributed by atoms with Crippen molar-refractivity contribution in [2.24, 2.45) is 5.73 Å². The van der Waals surface area contributed by atoms with Crippen molar-refractivity contribution >= 4 is 37.6 Å². The number of hydrogen-bond donors (Lipinski definition) is 2. The van der Waals surface area contributed by atoms with Gasteiger partial charge in [0, 0.05) is 31.9 Å². The fourth-order valence-corrected chi connectivity index (χ4v) is 6.81. The first kappa shape index (κ1) is 21.9. The zero-order valence-corrected chi connectivity index (χ0v) is 19.6. The maximum Gasteiger partial charge on any atom is 0.255 e. The van der Waals surface area contributed by atoms with E-state index in [1.165, 1.54) is 12.1 Å². The Morgan fingerprint density at radius 1 is 1.35 bits per heavy atom. The molecule has 3 heterocycles. The molecule has 1 aliphatic carbocycles. The van der Waals surface area contributed by atoms with Gasteiger partial charge in [0.15, 0.2) is 0 Å². The summed E-state index contributed by atoms with van der Waals surface area (Å²) in [7, 11) is 0.323. The highest BCUT2D eigenvalue weighted by Gasteiger charge is 2.33.